The number of hydrogen-bond acceptors (Lipinski definition) is 5. The molecule has 0 aliphatic carbocycles. The lowest BCUT2D eigenvalue weighted by Crippen LogP contribution is -2.14. The molecule has 0 aromatic heterocycles. The maximum atomic E-state index is 12.1. The van der Waals surface area contributed by atoms with Crippen LogP contribution in [0.2, 0.25) is 0 Å². The smallest absolute Gasteiger partial charge is 0.337 e. The Bertz CT molecular complexity index is 829. The van der Waals surface area contributed by atoms with Crippen molar-refractivity contribution < 1.29 is 14.3 Å². The summed E-state index contributed by atoms with van der Waals surface area (Å²) in [6, 6.07) is 13.0. The molecule has 4 N–H and O–H groups in total. The first-order chi connectivity index (χ1) is 13.1. The molecule has 0 radical (unpaired) electrons. The number of methoxy groups -OCH3 is 1. The third-order valence-corrected chi connectivity index (χ3v) is 4.71. The van der Waals surface area contributed by atoms with E-state index in [-0.39, 0.29) is 11.8 Å². The number of esters is 1. The van der Waals surface area contributed by atoms with E-state index in [1.54, 1.807) is 18.2 Å². The second-order valence-electron chi connectivity index (χ2n) is 6.78. The molecule has 1 saturated heterocycles. The molecule has 0 spiro atoms. The molecular weight excluding hydrogens is 342 g/mol. The zero-order chi connectivity index (χ0) is 19.2. The first-order valence-electron chi connectivity index (χ1n) is 9.02. The number of nitrogens with one attached hydrogen (secondary N) is 2. The monoisotopic (exact) mass is 367 g/mol. The van der Waals surface area contributed by atoms with Gasteiger partial charge in [0.1, 0.15) is 5.84 Å². The van der Waals surface area contributed by atoms with Gasteiger partial charge in [-0.15, -0.1) is 0 Å². The number of carbonyl (C=O) groups is 1. The van der Waals surface area contributed by atoms with Gasteiger partial charge in [0, 0.05) is 12.1 Å². The number of carbonyl (C=O) groups excluding carboxylic acids is 1. The molecule has 3 rings (SSSR count). The molecule has 27 heavy (non-hydrogen) atoms. The average Bonchev–Trinajstić information content (AvgIpc) is 3.20. The van der Waals surface area contributed by atoms with E-state index in [2.05, 4.69) is 5.32 Å². The van der Waals surface area contributed by atoms with Crippen molar-refractivity contribution >= 4 is 11.8 Å². The van der Waals surface area contributed by atoms with E-state index in [0.29, 0.717) is 30.3 Å². The molecule has 0 amide bonds. The van der Waals surface area contributed by atoms with Crippen molar-refractivity contribution in [2.45, 2.75) is 13.0 Å². The topological polar surface area (TPSA) is 97.4 Å². The van der Waals surface area contributed by atoms with Crippen molar-refractivity contribution in [3.63, 3.8) is 0 Å². The lowest BCUT2D eigenvalue weighted by atomic mass is 9.98. The quantitative estimate of drug-likeness (QED) is 0.397. The third kappa shape index (κ3) is 4.93. The second-order valence-corrected chi connectivity index (χ2v) is 6.78. The Hall–Kier alpha value is -2.70. The Kier molecular flexibility index (Phi) is 6.21. The van der Waals surface area contributed by atoms with Gasteiger partial charge in [-0.2, -0.15) is 0 Å². The van der Waals surface area contributed by atoms with Crippen LogP contribution in [-0.2, 0) is 16.1 Å². The van der Waals surface area contributed by atoms with Crippen LogP contribution in [0.1, 0.15) is 27.9 Å². The molecule has 0 unspecified atom stereocenters. The van der Waals surface area contributed by atoms with Gasteiger partial charge in [0.2, 0.25) is 0 Å². The predicted octanol–water partition coefficient (Wildman–Crippen LogP) is 2.55. The summed E-state index contributed by atoms with van der Waals surface area (Å²) in [6.07, 6.45) is 1.13. The summed E-state index contributed by atoms with van der Waals surface area (Å²) in [7, 11) is 1.37. The minimum atomic E-state index is -0.388. The standard InChI is InChI=1S/C21H25N3O3/c1-26-21(25)19-8-15(13-27-12-14-5-6-24-11-14)7-18(10-19)16-3-2-4-17(9-16)20(22)23/h2-4,7-10,14,24H,5-6,11-13H2,1H3,(H3,22,23)/t14-/m0/s1. The van der Waals surface area contributed by atoms with Crippen LogP contribution < -0.4 is 11.1 Å². The van der Waals surface area contributed by atoms with Crippen LogP contribution in [0, 0.1) is 11.3 Å². The maximum Gasteiger partial charge on any atom is 0.337 e. The van der Waals surface area contributed by atoms with Crippen LogP contribution in [0.15, 0.2) is 42.5 Å². The summed E-state index contributed by atoms with van der Waals surface area (Å²) in [4.78, 5) is 12.1. The van der Waals surface area contributed by atoms with Crippen molar-refractivity contribution in [3.8, 4) is 11.1 Å². The molecule has 6 heteroatoms. The molecule has 0 saturated carbocycles. The van der Waals surface area contributed by atoms with Crippen LogP contribution >= 0.6 is 0 Å². The van der Waals surface area contributed by atoms with Crippen molar-refractivity contribution in [3.05, 3.63) is 59.2 Å². The zero-order valence-corrected chi connectivity index (χ0v) is 15.5. The number of hydrogen-bond donors (Lipinski definition) is 3. The number of benzene rings is 2. The number of ether oxygens (including phenoxy) is 2. The normalized spacial score (nSPS) is 16.3. The molecule has 0 bridgehead atoms. The van der Waals surface area contributed by atoms with Gasteiger partial charge in [0.05, 0.1) is 25.9 Å². The molecule has 142 valence electrons. The highest BCUT2D eigenvalue weighted by molar-refractivity contribution is 5.96. The van der Waals surface area contributed by atoms with Crippen molar-refractivity contribution in [1.82, 2.24) is 5.32 Å². The van der Waals surface area contributed by atoms with E-state index < -0.39 is 0 Å². The molecule has 6 nitrogen and oxygen atoms in total. The highest BCUT2D eigenvalue weighted by Crippen LogP contribution is 2.25. The van der Waals surface area contributed by atoms with E-state index in [1.165, 1.54) is 7.11 Å². The largest absolute Gasteiger partial charge is 0.465 e. The van der Waals surface area contributed by atoms with E-state index in [1.807, 2.05) is 24.3 Å². The van der Waals surface area contributed by atoms with Gasteiger partial charge in [-0.1, -0.05) is 18.2 Å². The van der Waals surface area contributed by atoms with Crippen molar-refractivity contribution in [2.24, 2.45) is 11.7 Å². The first kappa shape index (κ1) is 19.1. The summed E-state index contributed by atoms with van der Waals surface area (Å²) in [5.41, 5.74) is 9.37. The highest BCUT2D eigenvalue weighted by Gasteiger charge is 2.15. The summed E-state index contributed by atoms with van der Waals surface area (Å²) in [5.74, 6) is 0.163. The minimum Gasteiger partial charge on any atom is -0.465 e. The molecule has 1 heterocycles. The Balaban J connectivity index is 1.84. The zero-order valence-electron chi connectivity index (χ0n) is 15.5. The Labute approximate surface area is 159 Å². The first-order valence-corrected chi connectivity index (χ1v) is 9.02. The van der Waals surface area contributed by atoms with Crippen LogP contribution in [0.5, 0.6) is 0 Å². The van der Waals surface area contributed by atoms with Gasteiger partial charge in [-0.05, 0) is 59.8 Å². The van der Waals surface area contributed by atoms with Gasteiger partial charge in [0.25, 0.3) is 0 Å². The lowest BCUT2D eigenvalue weighted by Gasteiger charge is -2.12. The van der Waals surface area contributed by atoms with E-state index in [0.717, 1.165) is 36.2 Å². The average molecular weight is 367 g/mol. The van der Waals surface area contributed by atoms with E-state index >= 15 is 0 Å². The highest BCUT2D eigenvalue weighted by atomic mass is 16.5. The van der Waals surface area contributed by atoms with Gasteiger partial charge in [-0.3, -0.25) is 5.41 Å². The fourth-order valence-electron chi connectivity index (χ4n) is 3.24. The van der Waals surface area contributed by atoms with E-state index in [9.17, 15) is 4.79 Å². The Morgan fingerprint density at radius 3 is 2.74 bits per heavy atom. The summed E-state index contributed by atoms with van der Waals surface area (Å²) in [6.45, 7) is 3.17. The molecule has 1 atom stereocenters. The molecule has 2 aromatic rings. The van der Waals surface area contributed by atoms with Crippen LogP contribution in [0.4, 0.5) is 0 Å². The molecule has 1 aliphatic rings. The summed E-state index contributed by atoms with van der Waals surface area (Å²) in [5, 5.41) is 11.0. The second kappa shape index (κ2) is 8.79. The van der Waals surface area contributed by atoms with Gasteiger partial charge in [0.15, 0.2) is 0 Å². The number of nitrogens with two attached hydrogens (primary N) is 1. The summed E-state index contributed by atoms with van der Waals surface area (Å²) < 4.78 is 10.8. The summed E-state index contributed by atoms with van der Waals surface area (Å²) >= 11 is 0. The van der Waals surface area contributed by atoms with Gasteiger partial charge < -0.3 is 20.5 Å². The third-order valence-electron chi connectivity index (χ3n) is 4.71. The molecule has 2 aromatic carbocycles. The molecule has 1 aliphatic heterocycles. The lowest BCUT2D eigenvalue weighted by molar-refractivity contribution is 0.0600. The van der Waals surface area contributed by atoms with Crippen LogP contribution in [-0.4, -0.2) is 38.6 Å². The fraction of sp³-hybridized carbons (Fsp3) is 0.333. The van der Waals surface area contributed by atoms with Crippen molar-refractivity contribution in [1.29, 1.82) is 5.41 Å². The maximum absolute atomic E-state index is 12.1. The number of rotatable bonds is 7. The van der Waals surface area contributed by atoms with Crippen molar-refractivity contribution in [2.75, 3.05) is 26.8 Å². The fourth-order valence-corrected chi connectivity index (χ4v) is 3.24. The predicted molar refractivity (Wildman–Crippen MR) is 105 cm³/mol. The molecular formula is C21H25N3O3. The van der Waals surface area contributed by atoms with E-state index in [4.69, 9.17) is 20.6 Å². The van der Waals surface area contributed by atoms with Crippen LogP contribution in [0.3, 0.4) is 0 Å². The minimum absolute atomic E-state index is 0.00898. The Morgan fingerprint density at radius 1 is 1.22 bits per heavy atom. The number of nitrogen functional groups attached to an aromatic ring is 1. The van der Waals surface area contributed by atoms with Gasteiger partial charge >= 0.3 is 5.97 Å². The van der Waals surface area contributed by atoms with Gasteiger partial charge in [-0.25, -0.2) is 4.79 Å². The number of amidine groups is 1. The Morgan fingerprint density at radius 2 is 2.04 bits per heavy atom. The van der Waals surface area contributed by atoms with Crippen LogP contribution in [0.25, 0.3) is 11.1 Å². The molecule has 1 fully saturated rings. The SMILES string of the molecule is COC(=O)c1cc(COC[C@H]2CCNC2)cc(-c2cccc(C(=N)N)c2)c1.